The van der Waals surface area contributed by atoms with E-state index < -0.39 is 0 Å². The second-order valence-corrected chi connectivity index (χ2v) is 7.42. The van der Waals surface area contributed by atoms with E-state index in [0.717, 1.165) is 18.5 Å². The minimum atomic E-state index is -0.0641. The first-order chi connectivity index (χ1) is 13.0. The molecule has 142 valence electrons. The minimum Gasteiger partial charge on any atom is -0.355 e. The van der Waals surface area contributed by atoms with E-state index in [1.165, 1.54) is 11.8 Å². The van der Waals surface area contributed by atoms with E-state index >= 15 is 0 Å². The number of thioether (sulfide) groups is 1. The van der Waals surface area contributed by atoms with Crippen LogP contribution < -0.4 is 10.8 Å². The van der Waals surface area contributed by atoms with Crippen molar-refractivity contribution in [2.45, 2.75) is 31.8 Å². The molecule has 0 aliphatic rings. The molecular formula is C18H21ClN6OS. The summed E-state index contributed by atoms with van der Waals surface area (Å²) >= 11 is 7.63. The fourth-order valence-corrected chi connectivity index (χ4v) is 3.72. The van der Waals surface area contributed by atoms with Crippen molar-refractivity contribution in [3.63, 3.8) is 0 Å². The monoisotopic (exact) mass is 404 g/mol. The van der Waals surface area contributed by atoms with Gasteiger partial charge in [0.05, 0.1) is 21.8 Å². The van der Waals surface area contributed by atoms with Gasteiger partial charge < -0.3 is 5.32 Å². The van der Waals surface area contributed by atoms with Crippen LogP contribution in [0, 0.1) is 12.3 Å². The molecule has 2 heterocycles. The van der Waals surface area contributed by atoms with Gasteiger partial charge in [-0.25, -0.2) is 4.98 Å². The van der Waals surface area contributed by atoms with Crippen LogP contribution >= 0.6 is 23.4 Å². The van der Waals surface area contributed by atoms with E-state index in [1.54, 1.807) is 10.6 Å². The first-order valence-electron chi connectivity index (χ1n) is 8.69. The van der Waals surface area contributed by atoms with Crippen molar-refractivity contribution < 1.29 is 4.79 Å². The molecule has 7 nitrogen and oxygen atoms in total. The molecule has 0 unspecified atom stereocenters. The number of hydrogen-bond donors (Lipinski definition) is 3. The summed E-state index contributed by atoms with van der Waals surface area (Å²) in [5, 5.41) is 20.2. The number of carbonyl (C=O) groups excluding carboxylic acids is 1. The number of aromatic nitrogens is 4. The third kappa shape index (κ3) is 4.17. The zero-order valence-electron chi connectivity index (χ0n) is 15.2. The molecule has 0 spiro atoms. The Bertz CT molecular complexity index is 1030. The topological polar surface area (TPSA) is 99.5 Å². The number of aromatic amines is 1. The maximum absolute atomic E-state index is 12.1. The highest BCUT2D eigenvalue weighted by atomic mass is 35.5. The molecule has 0 aliphatic carbocycles. The number of amides is 1. The summed E-state index contributed by atoms with van der Waals surface area (Å²) in [5.41, 5.74) is 2.09. The number of fused-ring (bicyclic) bond motifs is 1. The van der Waals surface area contributed by atoms with Crippen molar-refractivity contribution in [1.29, 1.82) is 5.41 Å². The van der Waals surface area contributed by atoms with Crippen molar-refractivity contribution in [2.24, 2.45) is 0 Å². The maximum Gasteiger partial charge on any atom is 0.230 e. The first-order valence-corrected chi connectivity index (χ1v) is 10.1. The van der Waals surface area contributed by atoms with Crippen molar-refractivity contribution in [3.8, 4) is 5.69 Å². The van der Waals surface area contributed by atoms with Gasteiger partial charge in [0.2, 0.25) is 5.91 Å². The molecule has 2 aromatic heterocycles. The second kappa shape index (κ2) is 8.58. The maximum atomic E-state index is 12.1. The molecule has 0 atom stereocenters. The number of benzene rings is 1. The lowest BCUT2D eigenvalue weighted by Gasteiger charge is -2.14. The van der Waals surface area contributed by atoms with Gasteiger partial charge >= 0.3 is 0 Å². The van der Waals surface area contributed by atoms with Crippen LogP contribution in [-0.4, -0.2) is 38.0 Å². The molecule has 0 saturated carbocycles. The number of nitrogens with zero attached hydrogens (tertiary/aromatic N) is 3. The minimum absolute atomic E-state index is 0.0641. The van der Waals surface area contributed by atoms with Crippen LogP contribution in [-0.2, 0) is 4.79 Å². The normalized spacial score (nSPS) is 11.1. The second-order valence-electron chi connectivity index (χ2n) is 6.07. The summed E-state index contributed by atoms with van der Waals surface area (Å²) < 4.78 is 1.66. The van der Waals surface area contributed by atoms with E-state index in [1.807, 2.05) is 25.1 Å². The molecule has 0 fully saturated rings. The van der Waals surface area contributed by atoms with E-state index in [2.05, 4.69) is 27.4 Å². The molecule has 9 heteroatoms. The average Bonchev–Trinajstić information content (AvgIpc) is 3.02. The lowest BCUT2D eigenvalue weighted by molar-refractivity contribution is -0.118. The molecule has 3 rings (SSSR count). The van der Waals surface area contributed by atoms with Gasteiger partial charge in [0.25, 0.3) is 0 Å². The van der Waals surface area contributed by atoms with Gasteiger partial charge in [0, 0.05) is 12.2 Å². The summed E-state index contributed by atoms with van der Waals surface area (Å²) in [4.78, 5) is 16.7. The Kier molecular flexibility index (Phi) is 6.18. The first kappa shape index (κ1) is 19.4. The molecular weight excluding hydrogens is 384 g/mol. The predicted molar refractivity (Wildman–Crippen MR) is 107 cm³/mol. The molecule has 1 aromatic carbocycles. The SMILES string of the molecule is CCCCNC(=O)CSc1nc2n[nH]c(C)c2c(=N)n1-c1ccccc1Cl. The highest BCUT2D eigenvalue weighted by molar-refractivity contribution is 7.99. The van der Waals surface area contributed by atoms with E-state index in [-0.39, 0.29) is 17.1 Å². The average molecular weight is 405 g/mol. The molecule has 0 aliphatic heterocycles. The Morgan fingerprint density at radius 2 is 2.19 bits per heavy atom. The standard InChI is InChI=1S/C18H21ClN6OS/c1-3-4-9-21-14(26)10-27-18-22-17-15(11(2)23-24-17)16(20)25(18)13-8-6-5-7-12(13)19/h5-8,20H,3-4,9-10H2,1-2H3,(H,21,26)(H,23,24). The highest BCUT2D eigenvalue weighted by Crippen LogP contribution is 2.25. The van der Waals surface area contributed by atoms with Crippen LogP contribution in [0.5, 0.6) is 0 Å². The van der Waals surface area contributed by atoms with E-state index in [4.69, 9.17) is 17.0 Å². The smallest absolute Gasteiger partial charge is 0.230 e. The number of halogens is 1. The van der Waals surface area contributed by atoms with Crippen molar-refractivity contribution in [2.75, 3.05) is 12.3 Å². The number of nitrogens with one attached hydrogen (secondary N) is 3. The molecule has 3 aromatic rings. The van der Waals surface area contributed by atoms with Gasteiger partial charge in [-0.05, 0) is 25.5 Å². The zero-order valence-corrected chi connectivity index (χ0v) is 16.7. The number of para-hydroxylation sites is 1. The van der Waals surface area contributed by atoms with Crippen LogP contribution in [0.1, 0.15) is 25.5 Å². The van der Waals surface area contributed by atoms with Gasteiger partial charge in [0.1, 0.15) is 5.49 Å². The van der Waals surface area contributed by atoms with Crippen molar-refractivity contribution >= 4 is 40.3 Å². The largest absolute Gasteiger partial charge is 0.355 e. The Balaban J connectivity index is 2.01. The summed E-state index contributed by atoms with van der Waals surface area (Å²) in [5.74, 6) is 0.140. The van der Waals surface area contributed by atoms with Gasteiger partial charge in [0.15, 0.2) is 10.8 Å². The molecule has 27 heavy (non-hydrogen) atoms. The van der Waals surface area contributed by atoms with Crippen LogP contribution in [0.2, 0.25) is 5.02 Å². The number of hydrogen-bond acceptors (Lipinski definition) is 5. The zero-order chi connectivity index (χ0) is 19.4. The Hall–Kier alpha value is -2.32. The summed E-state index contributed by atoms with van der Waals surface area (Å²) in [6.07, 6.45) is 1.97. The van der Waals surface area contributed by atoms with Gasteiger partial charge in [-0.2, -0.15) is 5.10 Å². The van der Waals surface area contributed by atoms with Gasteiger partial charge in [-0.15, -0.1) is 0 Å². The fourth-order valence-electron chi connectivity index (χ4n) is 2.67. The number of rotatable bonds is 7. The molecule has 0 saturated heterocycles. The van der Waals surface area contributed by atoms with Crippen LogP contribution in [0.3, 0.4) is 0 Å². The van der Waals surface area contributed by atoms with Crippen molar-refractivity contribution in [1.82, 2.24) is 25.1 Å². The number of unbranched alkanes of at least 4 members (excludes halogenated alkanes) is 1. The van der Waals surface area contributed by atoms with Gasteiger partial charge in [-0.3, -0.25) is 19.9 Å². The van der Waals surface area contributed by atoms with Crippen molar-refractivity contribution in [3.05, 3.63) is 40.5 Å². The molecule has 0 radical (unpaired) electrons. The predicted octanol–water partition coefficient (Wildman–Crippen LogP) is 3.20. The summed E-state index contributed by atoms with van der Waals surface area (Å²) in [6.45, 7) is 4.59. The highest BCUT2D eigenvalue weighted by Gasteiger charge is 2.17. The Morgan fingerprint density at radius 3 is 2.93 bits per heavy atom. The lowest BCUT2D eigenvalue weighted by Crippen LogP contribution is -2.27. The molecule has 3 N–H and O–H groups in total. The Morgan fingerprint density at radius 1 is 1.41 bits per heavy atom. The Labute approximate surface area is 166 Å². The number of aryl methyl sites for hydroxylation is 1. The lowest BCUT2D eigenvalue weighted by atomic mass is 10.3. The third-order valence-electron chi connectivity index (χ3n) is 4.06. The van der Waals surface area contributed by atoms with Crippen LogP contribution in [0.25, 0.3) is 16.7 Å². The molecule has 1 amide bonds. The fraction of sp³-hybridized carbons (Fsp3) is 0.333. The molecule has 0 bridgehead atoms. The van der Waals surface area contributed by atoms with E-state index in [0.29, 0.717) is 33.4 Å². The summed E-state index contributed by atoms with van der Waals surface area (Å²) in [6, 6.07) is 7.28. The summed E-state index contributed by atoms with van der Waals surface area (Å²) in [7, 11) is 0. The third-order valence-corrected chi connectivity index (χ3v) is 5.32. The number of carbonyl (C=O) groups is 1. The van der Waals surface area contributed by atoms with E-state index in [9.17, 15) is 4.79 Å². The van der Waals surface area contributed by atoms with Gasteiger partial charge in [-0.1, -0.05) is 48.8 Å². The van der Waals surface area contributed by atoms with Crippen LogP contribution in [0.15, 0.2) is 29.4 Å². The quantitative estimate of drug-likeness (QED) is 0.320. The van der Waals surface area contributed by atoms with Crippen LogP contribution in [0.4, 0.5) is 0 Å². The number of H-pyrrole nitrogens is 1.